The van der Waals surface area contributed by atoms with Gasteiger partial charge in [0, 0.05) is 29.9 Å². The summed E-state index contributed by atoms with van der Waals surface area (Å²) in [6.07, 6.45) is 3.17. The topological polar surface area (TPSA) is 87.9 Å². The second kappa shape index (κ2) is 5.22. The van der Waals surface area contributed by atoms with E-state index in [2.05, 4.69) is 45.0 Å². The van der Waals surface area contributed by atoms with Crippen LogP contribution in [-0.2, 0) is 4.79 Å². The zero-order valence-corrected chi connectivity index (χ0v) is 13.0. The summed E-state index contributed by atoms with van der Waals surface area (Å²) in [6, 6.07) is 6.31. The maximum atomic E-state index is 11.3. The van der Waals surface area contributed by atoms with Gasteiger partial charge in [0.2, 0.25) is 5.91 Å². The van der Waals surface area contributed by atoms with Crippen molar-refractivity contribution in [2.75, 3.05) is 18.0 Å². The second-order valence-electron chi connectivity index (χ2n) is 6.26. The van der Waals surface area contributed by atoms with Crippen molar-refractivity contribution in [1.29, 1.82) is 0 Å². The number of hydrogen-bond donors (Lipinski definition) is 2. The number of rotatable bonds is 2. The number of carbonyl (C=O) groups is 1. The second-order valence-corrected chi connectivity index (χ2v) is 6.26. The van der Waals surface area contributed by atoms with Gasteiger partial charge in [0.15, 0.2) is 5.82 Å². The summed E-state index contributed by atoms with van der Waals surface area (Å²) in [5.74, 6) is 0.694. The average Bonchev–Trinajstić information content (AvgIpc) is 2.93. The Balaban J connectivity index is 1.76. The van der Waals surface area contributed by atoms with Gasteiger partial charge in [0.05, 0.1) is 0 Å². The Bertz CT molecular complexity index is 893. The van der Waals surface area contributed by atoms with Crippen LogP contribution in [0.3, 0.4) is 0 Å². The van der Waals surface area contributed by atoms with Gasteiger partial charge in [0.1, 0.15) is 17.4 Å². The fourth-order valence-corrected chi connectivity index (χ4v) is 3.41. The first-order valence-electron chi connectivity index (χ1n) is 7.91. The van der Waals surface area contributed by atoms with Crippen LogP contribution in [0.4, 0.5) is 5.82 Å². The van der Waals surface area contributed by atoms with E-state index in [0.29, 0.717) is 0 Å². The van der Waals surface area contributed by atoms with Crippen molar-refractivity contribution in [3.05, 3.63) is 30.1 Å². The maximum absolute atomic E-state index is 11.3. The zero-order chi connectivity index (χ0) is 16.0. The minimum atomic E-state index is -0.196. The lowest BCUT2D eigenvalue weighted by atomic mass is 9.96. The number of H-pyrrole nitrogens is 1. The lowest BCUT2D eigenvalue weighted by Crippen LogP contribution is -2.39. The van der Waals surface area contributed by atoms with Gasteiger partial charge in [-0.25, -0.2) is 9.97 Å². The van der Waals surface area contributed by atoms with Gasteiger partial charge in [-0.1, -0.05) is 11.6 Å². The van der Waals surface area contributed by atoms with Crippen LogP contribution in [0.5, 0.6) is 0 Å². The van der Waals surface area contributed by atoms with Crippen LogP contribution < -0.4 is 10.6 Å². The van der Waals surface area contributed by atoms with Crippen LogP contribution in [0, 0.1) is 12.8 Å². The molecule has 1 aromatic carbocycles. The number of fused-ring (bicyclic) bond motifs is 3. The molecule has 3 heterocycles. The van der Waals surface area contributed by atoms with Crippen molar-refractivity contribution in [2.24, 2.45) is 11.7 Å². The number of aromatic amines is 1. The smallest absolute Gasteiger partial charge is 0.220 e. The minimum absolute atomic E-state index is 0.0195. The number of primary amides is 1. The van der Waals surface area contributed by atoms with Crippen molar-refractivity contribution in [3.63, 3.8) is 0 Å². The highest BCUT2D eigenvalue weighted by Gasteiger charge is 2.25. The molecule has 1 saturated heterocycles. The third kappa shape index (κ3) is 2.30. The van der Waals surface area contributed by atoms with Crippen LogP contribution in [0.1, 0.15) is 18.4 Å². The average molecular weight is 309 g/mol. The van der Waals surface area contributed by atoms with Crippen molar-refractivity contribution < 1.29 is 4.79 Å². The zero-order valence-electron chi connectivity index (χ0n) is 13.0. The summed E-state index contributed by atoms with van der Waals surface area (Å²) >= 11 is 0. The minimum Gasteiger partial charge on any atom is -0.369 e. The number of nitrogens with two attached hydrogens (primary N) is 1. The number of aromatic nitrogens is 3. The number of nitrogens with one attached hydrogen (secondary N) is 1. The van der Waals surface area contributed by atoms with Crippen molar-refractivity contribution in [3.8, 4) is 0 Å². The molecular formula is C17H19N5O. The van der Waals surface area contributed by atoms with E-state index >= 15 is 0 Å². The van der Waals surface area contributed by atoms with Gasteiger partial charge in [-0.3, -0.25) is 4.79 Å². The Kier molecular flexibility index (Phi) is 3.18. The van der Waals surface area contributed by atoms with Crippen LogP contribution in [0.15, 0.2) is 24.5 Å². The number of amides is 1. The number of piperidine rings is 1. The van der Waals surface area contributed by atoms with Crippen molar-refractivity contribution in [1.82, 2.24) is 15.0 Å². The third-order valence-electron chi connectivity index (χ3n) is 4.71. The fraction of sp³-hybridized carbons (Fsp3) is 0.353. The molecule has 2 aromatic heterocycles. The molecule has 0 unspecified atom stereocenters. The maximum Gasteiger partial charge on any atom is 0.220 e. The number of anilines is 1. The third-order valence-corrected chi connectivity index (χ3v) is 4.71. The summed E-state index contributed by atoms with van der Waals surface area (Å²) in [6.45, 7) is 3.65. The van der Waals surface area contributed by atoms with E-state index in [4.69, 9.17) is 5.73 Å². The molecule has 118 valence electrons. The molecule has 0 saturated carbocycles. The molecular weight excluding hydrogens is 290 g/mol. The molecule has 6 heteroatoms. The van der Waals surface area contributed by atoms with Crippen LogP contribution in [0.25, 0.3) is 21.9 Å². The molecule has 6 nitrogen and oxygen atoms in total. The molecule has 1 fully saturated rings. The van der Waals surface area contributed by atoms with Gasteiger partial charge >= 0.3 is 0 Å². The molecule has 0 radical (unpaired) electrons. The van der Waals surface area contributed by atoms with E-state index in [1.54, 1.807) is 6.33 Å². The van der Waals surface area contributed by atoms with Crippen molar-refractivity contribution >= 4 is 33.7 Å². The molecule has 4 rings (SSSR count). The SMILES string of the molecule is Cc1ccc2[nH]c3c(N4CCC(C(N)=O)CC4)ncnc3c2c1. The Hall–Kier alpha value is -2.63. The van der Waals surface area contributed by atoms with Gasteiger partial charge in [-0.05, 0) is 31.9 Å². The lowest BCUT2D eigenvalue weighted by Gasteiger charge is -2.31. The summed E-state index contributed by atoms with van der Waals surface area (Å²) in [5.41, 5.74) is 9.61. The summed E-state index contributed by atoms with van der Waals surface area (Å²) in [5, 5.41) is 1.12. The van der Waals surface area contributed by atoms with E-state index in [9.17, 15) is 4.79 Å². The number of carbonyl (C=O) groups excluding carboxylic acids is 1. The van der Waals surface area contributed by atoms with E-state index in [1.165, 1.54) is 5.56 Å². The summed E-state index contributed by atoms with van der Waals surface area (Å²) < 4.78 is 0. The number of benzene rings is 1. The van der Waals surface area contributed by atoms with E-state index in [1.807, 2.05) is 0 Å². The first kappa shape index (κ1) is 14.0. The predicted octanol–water partition coefficient (Wildman–Crippen LogP) is 2.12. The lowest BCUT2D eigenvalue weighted by molar-refractivity contribution is -0.122. The highest BCUT2D eigenvalue weighted by atomic mass is 16.1. The van der Waals surface area contributed by atoms with Gasteiger partial charge < -0.3 is 15.6 Å². The van der Waals surface area contributed by atoms with Gasteiger partial charge in [0.25, 0.3) is 0 Å². The largest absolute Gasteiger partial charge is 0.369 e. The molecule has 1 aliphatic rings. The van der Waals surface area contributed by atoms with Gasteiger partial charge in [-0.15, -0.1) is 0 Å². The van der Waals surface area contributed by atoms with Gasteiger partial charge in [-0.2, -0.15) is 0 Å². The normalized spacial score (nSPS) is 16.3. The van der Waals surface area contributed by atoms with Crippen LogP contribution in [-0.4, -0.2) is 33.9 Å². The molecule has 0 spiro atoms. The molecule has 0 aliphatic carbocycles. The highest BCUT2D eigenvalue weighted by Crippen LogP contribution is 2.31. The first-order valence-corrected chi connectivity index (χ1v) is 7.91. The number of aryl methyl sites for hydroxylation is 1. The Labute approximate surface area is 133 Å². The standard InChI is InChI=1S/C17H19N5O/c1-10-2-3-13-12(8-10)14-15(21-13)17(20-9-19-14)22-6-4-11(5-7-22)16(18)23/h2-3,8-9,11,21H,4-7H2,1H3,(H2,18,23). The monoisotopic (exact) mass is 309 g/mol. The number of hydrogen-bond acceptors (Lipinski definition) is 4. The van der Waals surface area contributed by atoms with Crippen LogP contribution >= 0.6 is 0 Å². The van der Waals surface area contributed by atoms with E-state index in [0.717, 1.165) is 53.7 Å². The predicted molar refractivity (Wildman–Crippen MR) is 90.3 cm³/mol. The van der Waals surface area contributed by atoms with E-state index in [-0.39, 0.29) is 11.8 Å². The molecule has 0 bridgehead atoms. The van der Waals surface area contributed by atoms with E-state index < -0.39 is 0 Å². The Morgan fingerprint density at radius 2 is 2.09 bits per heavy atom. The quantitative estimate of drug-likeness (QED) is 0.759. The summed E-state index contributed by atoms with van der Waals surface area (Å²) in [4.78, 5) is 25.9. The Morgan fingerprint density at radius 3 is 2.83 bits per heavy atom. The number of nitrogens with zero attached hydrogens (tertiary/aromatic N) is 3. The fourth-order valence-electron chi connectivity index (χ4n) is 3.41. The molecule has 0 atom stereocenters. The van der Waals surface area contributed by atoms with Crippen LogP contribution in [0.2, 0.25) is 0 Å². The molecule has 3 aromatic rings. The Morgan fingerprint density at radius 1 is 1.30 bits per heavy atom. The van der Waals surface area contributed by atoms with Crippen molar-refractivity contribution in [2.45, 2.75) is 19.8 Å². The molecule has 1 aliphatic heterocycles. The first-order chi connectivity index (χ1) is 11.1. The molecule has 1 amide bonds. The molecule has 3 N–H and O–H groups in total. The highest BCUT2D eigenvalue weighted by molar-refractivity contribution is 6.08. The molecule has 23 heavy (non-hydrogen) atoms. The summed E-state index contributed by atoms with van der Waals surface area (Å²) in [7, 11) is 0.